The number of carbonyl (C=O) groups is 1. The van der Waals surface area contributed by atoms with Crippen molar-refractivity contribution in [3.05, 3.63) is 60.0 Å². The Kier molecular flexibility index (Phi) is 5.02. The second kappa shape index (κ2) is 7.75. The summed E-state index contributed by atoms with van der Waals surface area (Å²) in [7, 11) is 0. The summed E-state index contributed by atoms with van der Waals surface area (Å²) in [6.07, 6.45) is 4.03. The van der Waals surface area contributed by atoms with Crippen LogP contribution in [0.4, 0.5) is 0 Å². The summed E-state index contributed by atoms with van der Waals surface area (Å²) >= 11 is 0. The molecule has 0 aliphatic carbocycles. The number of carbonyl (C=O) groups excluding carboxylic acids is 1. The van der Waals surface area contributed by atoms with Gasteiger partial charge in [-0.1, -0.05) is 18.2 Å². The van der Waals surface area contributed by atoms with E-state index in [0.717, 1.165) is 25.1 Å². The van der Waals surface area contributed by atoms with Crippen molar-refractivity contribution in [3.8, 4) is 5.75 Å². The molecule has 1 fully saturated rings. The summed E-state index contributed by atoms with van der Waals surface area (Å²) in [5.74, 6) is 1.03. The van der Waals surface area contributed by atoms with Crippen LogP contribution in [0.2, 0.25) is 0 Å². The largest absolute Gasteiger partial charge is 0.490 e. The number of amides is 1. The smallest absolute Gasteiger partial charge is 0.255 e. The molecule has 140 valence electrons. The molecule has 1 N–H and O–H groups in total. The first-order valence-corrected chi connectivity index (χ1v) is 9.16. The van der Waals surface area contributed by atoms with Gasteiger partial charge in [-0.3, -0.25) is 9.20 Å². The van der Waals surface area contributed by atoms with E-state index in [2.05, 4.69) is 15.5 Å². The molecule has 1 amide bonds. The molecule has 0 saturated carbocycles. The minimum absolute atomic E-state index is 0.0994. The lowest BCUT2D eigenvalue weighted by Gasteiger charge is -2.16. The lowest BCUT2D eigenvalue weighted by molar-refractivity contribution is 0.0670. The van der Waals surface area contributed by atoms with Crippen LogP contribution in [0.15, 0.2) is 48.7 Å². The molecule has 1 saturated heterocycles. The molecule has 2 aromatic heterocycles. The Hall–Kier alpha value is -2.93. The van der Waals surface area contributed by atoms with Gasteiger partial charge < -0.3 is 14.8 Å². The highest BCUT2D eigenvalue weighted by Gasteiger charge is 2.21. The monoisotopic (exact) mass is 366 g/mol. The van der Waals surface area contributed by atoms with Crippen molar-refractivity contribution < 1.29 is 14.3 Å². The van der Waals surface area contributed by atoms with Gasteiger partial charge in [0.25, 0.3) is 5.91 Å². The topological polar surface area (TPSA) is 77.8 Å². The van der Waals surface area contributed by atoms with E-state index in [-0.39, 0.29) is 18.1 Å². The first kappa shape index (κ1) is 17.5. The number of para-hydroxylation sites is 1. The van der Waals surface area contributed by atoms with Crippen LogP contribution in [-0.2, 0) is 4.74 Å². The molecule has 7 heteroatoms. The Labute approximate surface area is 157 Å². The molecule has 27 heavy (non-hydrogen) atoms. The number of fused-ring (bicyclic) bond motifs is 1. The van der Waals surface area contributed by atoms with Crippen LogP contribution < -0.4 is 10.1 Å². The summed E-state index contributed by atoms with van der Waals surface area (Å²) in [5.41, 5.74) is 1.24. The zero-order valence-corrected chi connectivity index (χ0v) is 15.2. The van der Waals surface area contributed by atoms with E-state index < -0.39 is 0 Å². The Balaban J connectivity index is 1.47. The Morgan fingerprint density at radius 3 is 3.00 bits per heavy atom. The number of nitrogens with one attached hydrogen (secondary N) is 1. The molecule has 1 aromatic carbocycles. The van der Waals surface area contributed by atoms with Gasteiger partial charge in [0.1, 0.15) is 12.4 Å². The molecular weight excluding hydrogens is 344 g/mol. The molecular formula is C20H22N4O3. The number of rotatable bonds is 6. The second-order valence-corrected chi connectivity index (χ2v) is 6.62. The first-order valence-electron chi connectivity index (χ1n) is 9.16. The molecule has 1 aliphatic heterocycles. The summed E-state index contributed by atoms with van der Waals surface area (Å²) in [6, 6.07) is 12.6. The van der Waals surface area contributed by atoms with Gasteiger partial charge >= 0.3 is 0 Å². The number of nitrogens with zero attached hydrogens (tertiary/aromatic N) is 3. The van der Waals surface area contributed by atoms with Gasteiger partial charge in [-0.15, -0.1) is 10.2 Å². The van der Waals surface area contributed by atoms with Crippen LogP contribution >= 0.6 is 0 Å². The van der Waals surface area contributed by atoms with Gasteiger partial charge in [0.05, 0.1) is 17.7 Å². The number of benzene rings is 1. The van der Waals surface area contributed by atoms with Crippen LogP contribution in [-0.4, -0.2) is 39.8 Å². The highest BCUT2D eigenvalue weighted by atomic mass is 16.5. The molecule has 1 aliphatic rings. The Morgan fingerprint density at radius 1 is 1.30 bits per heavy atom. The maximum absolute atomic E-state index is 12.8. The maximum atomic E-state index is 12.8. The molecule has 3 heterocycles. The molecule has 0 radical (unpaired) electrons. The average molecular weight is 366 g/mol. The van der Waals surface area contributed by atoms with E-state index in [1.54, 1.807) is 12.1 Å². The summed E-state index contributed by atoms with van der Waals surface area (Å²) < 4.78 is 13.3. The van der Waals surface area contributed by atoms with E-state index in [9.17, 15) is 4.79 Å². The molecule has 2 atom stereocenters. The third-order valence-electron chi connectivity index (χ3n) is 4.66. The van der Waals surface area contributed by atoms with Crippen LogP contribution in [0, 0.1) is 0 Å². The van der Waals surface area contributed by atoms with Crippen molar-refractivity contribution in [2.75, 3.05) is 13.2 Å². The van der Waals surface area contributed by atoms with Crippen molar-refractivity contribution in [3.63, 3.8) is 0 Å². The zero-order valence-electron chi connectivity index (χ0n) is 15.2. The van der Waals surface area contributed by atoms with E-state index in [0.29, 0.717) is 23.7 Å². The molecule has 0 spiro atoms. The molecule has 0 bridgehead atoms. The van der Waals surface area contributed by atoms with Crippen molar-refractivity contribution in [1.82, 2.24) is 19.9 Å². The van der Waals surface area contributed by atoms with Crippen molar-refractivity contribution in [2.24, 2.45) is 0 Å². The fourth-order valence-electron chi connectivity index (χ4n) is 3.23. The van der Waals surface area contributed by atoms with E-state index in [1.807, 2.05) is 47.9 Å². The maximum Gasteiger partial charge on any atom is 0.255 e. The van der Waals surface area contributed by atoms with Gasteiger partial charge in [-0.25, -0.2) is 0 Å². The molecule has 2 unspecified atom stereocenters. The van der Waals surface area contributed by atoms with E-state index in [1.165, 1.54) is 0 Å². The van der Waals surface area contributed by atoms with Crippen LogP contribution in [0.5, 0.6) is 5.75 Å². The van der Waals surface area contributed by atoms with Crippen molar-refractivity contribution in [1.29, 1.82) is 0 Å². The number of aromatic nitrogens is 3. The number of pyridine rings is 1. The molecule has 7 nitrogen and oxygen atoms in total. The highest BCUT2D eigenvalue weighted by Crippen LogP contribution is 2.21. The summed E-state index contributed by atoms with van der Waals surface area (Å²) in [6.45, 7) is 3.12. The lowest BCUT2D eigenvalue weighted by atomic mass is 10.1. The Bertz CT molecular complexity index is 934. The number of hydrogen-bond donors (Lipinski definition) is 1. The van der Waals surface area contributed by atoms with Crippen molar-refractivity contribution in [2.45, 2.75) is 31.9 Å². The van der Waals surface area contributed by atoms with E-state index in [4.69, 9.17) is 9.47 Å². The zero-order chi connectivity index (χ0) is 18.6. The minimum Gasteiger partial charge on any atom is -0.490 e. The molecule has 4 rings (SSSR count). The van der Waals surface area contributed by atoms with E-state index >= 15 is 0 Å². The van der Waals surface area contributed by atoms with Gasteiger partial charge in [0.15, 0.2) is 11.5 Å². The first-order chi connectivity index (χ1) is 13.2. The van der Waals surface area contributed by atoms with Crippen LogP contribution in [0.3, 0.4) is 0 Å². The third kappa shape index (κ3) is 3.78. The average Bonchev–Trinajstić information content (AvgIpc) is 3.36. The quantitative estimate of drug-likeness (QED) is 0.726. The SMILES string of the molecule is CC(NC(=O)c1ccccc1OCC1CCCO1)c1nnc2ccccn12. The molecule has 3 aromatic rings. The Morgan fingerprint density at radius 2 is 2.15 bits per heavy atom. The fraction of sp³-hybridized carbons (Fsp3) is 0.350. The van der Waals surface area contributed by atoms with Gasteiger partial charge in [-0.05, 0) is 44.0 Å². The minimum atomic E-state index is -0.305. The van der Waals surface area contributed by atoms with Crippen LogP contribution in [0.1, 0.15) is 42.0 Å². The normalized spacial score (nSPS) is 17.7. The van der Waals surface area contributed by atoms with Gasteiger partial charge in [0, 0.05) is 12.8 Å². The fourth-order valence-corrected chi connectivity index (χ4v) is 3.23. The third-order valence-corrected chi connectivity index (χ3v) is 4.66. The lowest BCUT2D eigenvalue weighted by Crippen LogP contribution is -2.28. The number of ether oxygens (including phenoxy) is 2. The van der Waals surface area contributed by atoms with Crippen LogP contribution in [0.25, 0.3) is 5.65 Å². The standard InChI is InChI=1S/C20H22N4O3/c1-14(19-23-22-18-10-4-5-11-24(18)19)21-20(25)16-8-2-3-9-17(16)27-13-15-7-6-12-26-15/h2-5,8-11,14-15H,6-7,12-13H2,1H3,(H,21,25). The highest BCUT2D eigenvalue weighted by molar-refractivity contribution is 5.97. The summed E-state index contributed by atoms with van der Waals surface area (Å²) in [5, 5.41) is 11.3. The van der Waals surface area contributed by atoms with Gasteiger partial charge in [-0.2, -0.15) is 0 Å². The summed E-state index contributed by atoms with van der Waals surface area (Å²) in [4.78, 5) is 12.8. The second-order valence-electron chi connectivity index (χ2n) is 6.62. The predicted molar refractivity (Wildman–Crippen MR) is 99.8 cm³/mol. The van der Waals surface area contributed by atoms with Crippen molar-refractivity contribution >= 4 is 11.6 Å². The number of hydrogen-bond acceptors (Lipinski definition) is 5. The predicted octanol–water partition coefficient (Wildman–Crippen LogP) is 2.78. The van der Waals surface area contributed by atoms with Gasteiger partial charge in [0.2, 0.25) is 0 Å².